The van der Waals surface area contributed by atoms with Crippen molar-refractivity contribution in [1.82, 2.24) is 34.1 Å². The minimum atomic E-state index is -0.652. The molecule has 5 heterocycles. The zero-order chi connectivity index (χ0) is 25.8. The summed E-state index contributed by atoms with van der Waals surface area (Å²) < 4.78 is 31.0. The summed E-state index contributed by atoms with van der Waals surface area (Å²) in [6.45, 7) is 3.69. The summed E-state index contributed by atoms with van der Waals surface area (Å²) >= 11 is 1.45. The summed E-state index contributed by atoms with van der Waals surface area (Å²) in [5, 5.41) is 6.21. The summed E-state index contributed by atoms with van der Waals surface area (Å²) in [4.78, 5) is 32.0. The highest BCUT2D eigenvalue weighted by Gasteiger charge is 2.26. The fourth-order valence-corrected chi connectivity index (χ4v) is 5.14. The van der Waals surface area contributed by atoms with Gasteiger partial charge < -0.3 is 5.73 Å². The van der Waals surface area contributed by atoms with Crippen molar-refractivity contribution in [3.05, 3.63) is 87.8 Å². The second-order valence-corrected chi connectivity index (χ2v) is 9.67. The molecule has 0 aliphatic heterocycles. The van der Waals surface area contributed by atoms with Gasteiger partial charge in [0, 0.05) is 12.4 Å². The van der Waals surface area contributed by atoms with Crippen LogP contribution in [0.25, 0.3) is 38.4 Å². The third-order valence-electron chi connectivity index (χ3n) is 6.06. The van der Waals surface area contributed by atoms with Gasteiger partial charge in [-0.25, -0.2) is 33.4 Å². The van der Waals surface area contributed by atoms with Crippen LogP contribution in [0.5, 0.6) is 0 Å². The number of nitrogens with two attached hydrogens (primary N) is 1. The van der Waals surface area contributed by atoms with Crippen LogP contribution in [-0.4, -0.2) is 34.1 Å². The lowest BCUT2D eigenvalue weighted by Gasteiger charge is -2.18. The van der Waals surface area contributed by atoms with Crippen molar-refractivity contribution in [2.45, 2.75) is 19.9 Å². The van der Waals surface area contributed by atoms with Crippen LogP contribution in [0.15, 0.2) is 59.9 Å². The molecular formula is C25H18F2N8OS. The van der Waals surface area contributed by atoms with Crippen LogP contribution < -0.4 is 11.3 Å². The first-order valence-electron chi connectivity index (χ1n) is 11.2. The van der Waals surface area contributed by atoms with Crippen LogP contribution in [0.2, 0.25) is 0 Å². The monoisotopic (exact) mass is 516 g/mol. The molecule has 0 bridgehead atoms. The van der Waals surface area contributed by atoms with Gasteiger partial charge in [-0.1, -0.05) is 12.1 Å². The fourth-order valence-electron chi connectivity index (χ4n) is 4.37. The van der Waals surface area contributed by atoms with Crippen LogP contribution in [0.3, 0.4) is 0 Å². The predicted octanol–water partition coefficient (Wildman–Crippen LogP) is 4.40. The van der Waals surface area contributed by atoms with Crippen molar-refractivity contribution in [3.63, 3.8) is 0 Å². The lowest BCUT2D eigenvalue weighted by atomic mass is 10.0. The van der Waals surface area contributed by atoms with Gasteiger partial charge in [-0.2, -0.15) is 5.10 Å². The molecule has 37 heavy (non-hydrogen) atoms. The first-order chi connectivity index (χ1) is 17.8. The molecule has 0 spiro atoms. The number of nitrogen functional groups attached to an aromatic ring is 1. The van der Waals surface area contributed by atoms with Gasteiger partial charge in [0.25, 0.3) is 5.56 Å². The quantitative estimate of drug-likeness (QED) is 0.369. The molecule has 5 aromatic heterocycles. The highest BCUT2D eigenvalue weighted by molar-refractivity contribution is 7.15. The van der Waals surface area contributed by atoms with E-state index in [2.05, 4.69) is 15.0 Å². The molecule has 9 nitrogen and oxygen atoms in total. The number of hydrogen-bond donors (Lipinski definition) is 1. The standard InChI is InChI=1S/C25H18F2N8OS/c1-12(35-24-20(23(28)30-11-31-24)22(33-35)17-9-29-13(2)37-17)21-19(14-4-3-5-15(26)8-14)25(36)34-10-16(27)6-7-18(34)32-21/h3-12H,1-2H3,(H2,28,30,31)/t12-/m1/s1. The Bertz CT molecular complexity index is 1890. The van der Waals surface area contributed by atoms with E-state index in [1.807, 2.05) is 6.92 Å². The topological polar surface area (TPSA) is 117 Å². The van der Waals surface area contributed by atoms with E-state index >= 15 is 0 Å². The normalized spacial score (nSPS) is 12.4. The molecule has 184 valence electrons. The number of anilines is 1. The molecule has 0 aliphatic carbocycles. The number of fused-ring (bicyclic) bond motifs is 2. The van der Waals surface area contributed by atoms with Crippen molar-refractivity contribution in [1.29, 1.82) is 0 Å². The number of thiazole rings is 1. The number of nitrogens with zero attached hydrogens (tertiary/aromatic N) is 7. The molecule has 1 atom stereocenters. The Hall–Kier alpha value is -4.58. The van der Waals surface area contributed by atoms with Crippen molar-refractivity contribution in [2.75, 3.05) is 5.73 Å². The number of benzene rings is 1. The third kappa shape index (κ3) is 3.73. The molecule has 6 aromatic rings. The molecule has 0 fully saturated rings. The van der Waals surface area contributed by atoms with E-state index in [9.17, 15) is 13.6 Å². The largest absolute Gasteiger partial charge is 0.383 e. The Morgan fingerprint density at radius 3 is 2.68 bits per heavy atom. The van der Waals surface area contributed by atoms with Crippen LogP contribution in [-0.2, 0) is 0 Å². The van der Waals surface area contributed by atoms with Gasteiger partial charge in [-0.15, -0.1) is 11.3 Å². The molecule has 0 aliphatic rings. The van der Waals surface area contributed by atoms with E-state index in [0.717, 1.165) is 20.5 Å². The number of aromatic nitrogens is 7. The summed E-state index contributed by atoms with van der Waals surface area (Å²) in [6, 6.07) is 7.61. The van der Waals surface area contributed by atoms with Crippen molar-refractivity contribution < 1.29 is 8.78 Å². The first kappa shape index (κ1) is 22.9. The van der Waals surface area contributed by atoms with E-state index < -0.39 is 23.2 Å². The maximum Gasteiger partial charge on any atom is 0.266 e. The van der Waals surface area contributed by atoms with Crippen LogP contribution in [0.1, 0.15) is 23.7 Å². The summed E-state index contributed by atoms with van der Waals surface area (Å²) in [5.41, 5.74) is 7.66. The predicted molar refractivity (Wildman–Crippen MR) is 136 cm³/mol. The summed E-state index contributed by atoms with van der Waals surface area (Å²) in [5.74, 6) is -0.873. The second-order valence-electron chi connectivity index (χ2n) is 8.43. The van der Waals surface area contributed by atoms with E-state index in [1.54, 1.807) is 23.9 Å². The van der Waals surface area contributed by atoms with E-state index in [0.29, 0.717) is 28.0 Å². The van der Waals surface area contributed by atoms with E-state index in [4.69, 9.17) is 15.8 Å². The average Bonchev–Trinajstić information content (AvgIpc) is 3.48. The molecule has 0 radical (unpaired) electrons. The molecule has 0 saturated heterocycles. The molecule has 2 N–H and O–H groups in total. The fraction of sp³-hybridized carbons (Fsp3) is 0.120. The highest BCUT2D eigenvalue weighted by Crippen LogP contribution is 2.36. The Balaban J connectivity index is 1.65. The van der Waals surface area contributed by atoms with Gasteiger partial charge in [0.15, 0.2) is 5.65 Å². The Kier molecular flexibility index (Phi) is 5.26. The number of rotatable bonds is 4. The molecule has 12 heteroatoms. The van der Waals surface area contributed by atoms with Gasteiger partial charge in [-0.05, 0) is 43.7 Å². The minimum absolute atomic E-state index is 0.121. The molecule has 0 saturated carbocycles. The number of pyridine rings is 1. The Morgan fingerprint density at radius 1 is 1.08 bits per heavy atom. The van der Waals surface area contributed by atoms with Gasteiger partial charge in [0.2, 0.25) is 0 Å². The number of hydrogen-bond acceptors (Lipinski definition) is 8. The SMILES string of the molecule is Cc1ncc(-c2nn([C@H](C)c3nc4ccc(F)cn4c(=O)c3-c3cccc(F)c3)c3ncnc(N)c23)s1. The lowest BCUT2D eigenvalue weighted by molar-refractivity contribution is 0.566. The smallest absolute Gasteiger partial charge is 0.266 e. The second kappa shape index (κ2) is 8.52. The van der Waals surface area contributed by atoms with Gasteiger partial charge in [-0.3, -0.25) is 9.20 Å². The van der Waals surface area contributed by atoms with Gasteiger partial charge in [0.1, 0.15) is 35.1 Å². The molecule has 0 amide bonds. The number of halogens is 2. The highest BCUT2D eigenvalue weighted by atomic mass is 32.1. The average molecular weight is 517 g/mol. The zero-order valence-corrected chi connectivity index (χ0v) is 20.4. The maximum atomic E-state index is 14.2. The molecule has 0 unspecified atom stereocenters. The zero-order valence-electron chi connectivity index (χ0n) is 19.6. The van der Waals surface area contributed by atoms with E-state index in [-0.39, 0.29) is 17.0 Å². The van der Waals surface area contributed by atoms with Crippen LogP contribution >= 0.6 is 11.3 Å². The molecule has 6 rings (SSSR count). The van der Waals surface area contributed by atoms with Crippen LogP contribution in [0.4, 0.5) is 14.6 Å². The van der Waals surface area contributed by atoms with E-state index in [1.165, 1.54) is 48.0 Å². The van der Waals surface area contributed by atoms with Crippen molar-refractivity contribution in [3.8, 4) is 21.7 Å². The number of aryl methyl sites for hydroxylation is 1. The third-order valence-corrected chi connectivity index (χ3v) is 6.98. The minimum Gasteiger partial charge on any atom is -0.383 e. The molecule has 1 aromatic carbocycles. The van der Waals surface area contributed by atoms with Crippen molar-refractivity contribution in [2.24, 2.45) is 0 Å². The van der Waals surface area contributed by atoms with Gasteiger partial charge in [0.05, 0.1) is 32.6 Å². The van der Waals surface area contributed by atoms with Crippen LogP contribution in [0, 0.1) is 18.6 Å². The Labute approximate surface area is 211 Å². The van der Waals surface area contributed by atoms with Gasteiger partial charge >= 0.3 is 0 Å². The lowest BCUT2D eigenvalue weighted by Crippen LogP contribution is -2.23. The first-order valence-corrected chi connectivity index (χ1v) is 12.0. The Morgan fingerprint density at radius 2 is 1.92 bits per heavy atom. The van der Waals surface area contributed by atoms with Crippen molar-refractivity contribution >= 4 is 33.8 Å². The maximum absolute atomic E-state index is 14.2. The molecular weight excluding hydrogens is 498 g/mol. The summed E-state index contributed by atoms with van der Waals surface area (Å²) in [7, 11) is 0. The summed E-state index contributed by atoms with van der Waals surface area (Å²) in [6.07, 6.45) is 4.10.